The maximum Gasteiger partial charge on any atom is 0.222 e. The third-order valence-electron chi connectivity index (χ3n) is 7.85. The van der Waals surface area contributed by atoms with Crippen molar-refractivity contribution in [1.29, 1.82) is 0 Å². The van der Waals surface area contributed by atoms with Gasteiger partial charge in [-0.1, -0.05) is 54.6 Å². The molecule has 2 aromatic rings. The Morgan fingerprint density at radius 3 is 2.44 bits per heavy atom. The Labute approximate surface area is 193 Å². The van der Waals surface area contributed by atoms with Crippen LogP contribution in [0.25, 0.3) is 0 Å². The number of rotatable bonds is 6. The molecule has 2 saturated heterocycles. The molecular formula is C28H37N3O. The molecule has 2 aromatic carbocycles. The lowest BCUT2D eigenvalue weighted by Gasteiger charge is -2.43. The fourth-order valence-electron chi connectivity index (χ4n) is 6.09. The third kappa shape index (κ3) is 5.07. The second kappa shape index (κ2) is 10.2. The summed E-state index contributed by atoms with van der Waals surface area (Å²) in [7, 11) is 0. The minimum atomic E-state index is 0.347. The highest BCUT2D eigenvalue weighted by Gasteiger charge is 2.35. The number of fused-ring (bicyclic) bond motifs is 1. The van der Waals surface area contributed by atoms with E-state index in [2.05, 4.69) is 69.3 Å². The number of hydrogen-bond acceptors (Lipinski definition) is 3. The maximum atomic E-state index is 13.1. The minimum Gasteiger partial charge on any atom is -0.338 e. The van der Waals surface area contributed by atoms with Crippen molar-refractivity contribution < 1.29 is 4.79 Å². The van der Waals surface area contributed by atoms with Gasteiger partial charge < -0.3 is 9.80 Å². The lowest BCUT2D eigenvalue weighted by atomic mass is 9.86. The first-order chi connectivity index (χ1) is 15.8. The quantitative estimate of drug-likeness (QED) is 0.681. The SMILES string of the molecule is O=C(CC[C@H]1CN(Cc2ccccc2)CC[C@H]1N1CCCC1)N1CCc2ccccc2C1. The molecule has 0 radical (unpaired) electrons. The van der Waals surface area contributed by atoms with Crippen LogP contribution in [0, 0.1) is 5.92 Å². The molecular weight excluding hydrogens is 394 g/mol. The lowest BCUT2D eigenvalue weighted by molar-refractivity contribution is -0.132. The molecule has 32 heavy (non-hydrogen) atoms. The van der Waals surface area contributed by atoms with Gasteiger partial charge in [0.15, 0.2) is 0 Å². The lowest BCUT2D eigenvalue weighted by Crippen LogP contribution is -2.50. The van der Waals surface area contributed by atoms with Gasteiger partial charge in [0.2, 0.25) is 5.91 Å². The monoisotopic (exact) mass is 431 g/mol. The highest BCUT2D eigenvalue weighted by atomic mass is 16.2. The highest BCUT2D eigenvalue weighted by Crippen LogP contribution is 2.30. The van der Waals surface area contributed by atoms with Gasteiger partial charge in [-0.3, -0.25) is 9.69 Å². The van der Waals surface area contributed by atoms with Crippen molar-refractivity contribution in [3.8, 4) is 0 Å². The number of benzene rings is 2. The van der Waals surface area contributed by atoms with Crippen LogP contribution in [0.4, 0.5) is 0 Å². The molecule has 3 aliphatic rings. The van der Waals surface area contributed by atoms with Gasteiger partial charge in [-0.05, 0) is 74.3 Å². The van der Waals surface area contributed by atoms with Crippen LogP contribution in [-0.2, 0) is 24.3 Å². The van der Waals surface area contributed by atoms with Gasteiger partial charge in [0.1, 0.15) is 0 Å². The predicted molar refractivity (Wildman–Crippen MR) is 129 cm³/mol. The Morgan fingerprint density at radius 1 is 0.875 bits per heavy atom. The van der Waals surface area contributed by atoms with Gasteiger partial charge in [-0.2, -0.15) is 0 Å². The molecule has 3 aliphatic heterocycles. The predicted octanol–water partition coefficient (Wildman–Crippen LogP) is 4.34. The standard InChI is InChI=1S/C28H37N3O/c32-28(31-19-14-24-10-4-5-11-25(24)22-31)13-12-26-21-29(20-23-8-2-1-3-9-23)18-15-27(26)30-16-6-7-17-30/h1-5,8-11,26-27H,6-7,12-22H2/t26-,27+/m0/s1. The molecule has 170 valence electrons. The number of hydrogen-bond donors (Lipinski definition) is 0. The van der Waals surface area contributed by atoms with E-state index in [4.69, 9.17) is 0 Å². The zero-order valence-electron chi connectivity index (χ0n) is 19.3. The van der Waals surface area contributed by atoms with Crippen LogP contribution in [0.2, 0.25) is 0 Å². The smallest absolute Gasteiger partial charge is 0.222 e. The molecule has 4 heteroatoms. The average Bonchev–Trinajstić information content (AvgIpc) is 3.38. The summed E-state index contributed by atoms with van der Waals surface area (Å²) in [4.78, 5) is 20.6. The molecule has 0 bridgehead atoms. The number of likely N-dealkylation sites (tertiary alicyclic amines) is 2. The van der Waals surface area contributed by atoms with Crippen molar-refractivity contribution in [2.75, 3.05) is 32.7 Å². The van der Waals surface area contributed by atoms with Crippen molar-refractivity contribution in [3.63, 3.8) is 0 Å². The van der Waals surface area contributed by atoms with Gasteiger partial charge >= 0.3 is 0 Å². The normalized spacial score (nSPS) is 24.4. The Hall–Kier alpha value is -2.17. The van der Waals surface area contributed by atoms with Gasteiger partial charge in [0.25, 0.3) is 0 Å². The summed E-state index contributed by atoms with van der Waals surface area (Å²) in [6.07, 6.45) is 6.61. The number of carbonyl (C=O) groups excluding carboxylic acids is 1. The molecule has 0 spiro atoms. The molecule has 2 atom stereocenters. The molecule has 5 rings (SSSR count). The first-order valence-corrected chi connectivity index (χ1v) is 12.6. The molecule has 0 aliphatic carbocycles. The van der Waals surface area contributed by atoms with Crippen molar-refractivity contribution in [2.45, 2.75) is 57.7 Å². The average molecular weight is 432 g/mol. The van der Waals surface area contributed by atoms with Crippen molar-refractivity contribution in [3.05, 3.63) is 71.3 Å². The van der Waals surface area contributed by atoms with E-state index in [1.165, 1.54) is 55.6 Å². The number of nitrogens with zero attached hydrogens (tertiary/aromatic N) is 3. The summed E-state index contributed by atoms with van der Waals surface area (Å²) in [5, 5.41) is 0. The van der Waals surface area contributed by atoms with E-state index in [9.17, 15) is 4.79 Å². The van der Waals surface area contributed by atoms with E-state index < -0.39 is 0 Å². The molecule has 2 fully saturated rings. The van der Waals surface area contributed by atoms with Crippen molar-refractivity contribution >= 4 is 5.91 Å². The topological polar surface area (TPSA) is 26.8 Å². The molecule has 4 nitrogen and oxygen atoms in total. The van der Waals surface area contributed by atoms with E-state index in [0.717, 1.165) is 39.0 Å². The summed E-state index contributed by atoms with van der Waals surface area (Å²) in [5.41, 5.74) is 4.14. The Kier molecular flexibility index (Phi) is 6.89. The van der Waals surface area contributed by atoms with Gasteiger partial charge in [0.05, 0.1) is 0 Å². The maximum absolute atomic E-state index is 13.1. The number of carbonyl (C=O) groups is 1. The first-order valence-electron chi connectivity index (χ1n) is 12.6. The Morgan fingerprint density at radius 2 is 1.62 bits per heavy atom. The van der Waals surface area contributed by atoms with Gasteiger partial charge in [-0.25, -0.2) is 0 Å². The molecule has 0 saturated carbocycles. The molecule has 0 aromatic heterocycles. The largest absolute Gasteiger partial charge is 0.338 e. The van der Waals surface area contributed by atoms with E-state index in [1.54, 1.807) is 0 Å². The highest BCUT2D eigenvalue weighted by molar-refractivity contribution is 5.76. The van der Waals surface area contributed by atoms with Crippen LogP contribution in [0.3, 0.4) is 0 Å². The molecule has 1 amide bonds. The zero-order valence-corrected chi connectivity index (χ0v) is 19.3. The van der Waals surface area contributed by atoms with Crippen LogP contribution in [-0.4, -0.2) is 59.4 Å². The second-order valence-electron chi connectivity index (χ2n) is 9.95. The first kappa shape index (κ1) is 21.7. The van der Waals surface area contributed by atoms with Crippen LogP contribution >= 0.6 is 0 Å². The van der Waals surface area contributed by atoms with E-state index in [1.807, 2.05) is 0 Å². The molecule has 0 unspecified atom stereocenters. The summed E-state index contributed by atoms with van der Waals surface area (Å²) in [6.45, 7) is 7.47. The summed E-state index contributed by atoms with van der Waals surface area (Å²) in [6, 6.07) is 20.1. The second-order valence-corrected chi connectivity index (χ2v) is 9.95. The van der Waals surface area contributed by atoms with Crippen molar-refractivity contribution in [1.82, 2.24) is 14.7 Å². The third-order valence-corrected chi connectivity index (χ3v) is 7.85. The minimum absolute atomic E-state index is 0.347. The summed E-state index contributed by atoms with van der Waals surface area (Å²) < 4.78 is 0. The number of piperidine rings is 1. The molecule has 0 N–H and O–H groups in total. The van der Waals surface area contributed by atoms with Crippen LogP contribution in [0.1, 0.15) is 48.8 Å². The van der Waals surface area contributed by atoms with E-state index >= 15 is 0 Å². The van der Waals surface area contributed by atoms with Gasteiger partial charge in [-0.15, -0.1) is 0 Å². The summed E-state index contributed by atoms with van der Waals surface area (Å²) in [5.74, 6) is 0.937. The zero-order chi connectivity index (χ0) is 21.8. The van der Waals surface area contributed by atoms with E-state index in [0.29, 0.717) is 24.3 Å². The fraction of sp³-hybridized carbons (Fsp3) is 0.536. The fourth-order valence-corrected chi connectivity index (χ4v) is 6.09. The van der Waals surface area contributed by atoms with Crippen LogP contribution in [0.5, 0.6) is 0 Å². The Balaban J connectivity index is 1.21. The number of amides is 1. The van der Waals surface area contributed by atoms with Crippen molar-refractivity contribution in [2.24, 2.45) is 5.92 Å². The summed E-state index contributed by atoms with van der Waals surface area (Å²) >= 11 is 0. The molecule has 3 heterocycles. The van der Waals surface area contributed by atoms with Gasteiger partial charge in [0, 0.05) is 38.6 Å². The van der Waals surface area contributed by atoms with E-state index in [-0.39, 0.29) is 0 Å². The van der Waals surface area contributed by atoms with Crippen LogP contribution in [0.15, 0.2) is 54.6 Å². The van der Waals surface area contributed by atoms with Crippen LogP contribution < -0.4 is 0 Å². The Bertz CT molecular complexity index is 893.